The number of guanidine groups is 1. The van der Waals surface area contributed by atoms with E-state index in [0.717, 1.165) is 24.5 Å². The topological polar surface area (TPSA) is 59.0 Å². The van der Waals surface area contributed by atoms with E-state index in [1.54, 1.807) is 13.3 Å². The minimum Gasteiger partial charge on any atom is -0.475 e. The van der Waals surface area contributed by atoms with Crippen molar-refractivity contribution in [3.63, 3.8) is 0 Å². The van der Waals surface area contributed by atoms with Crippen LogP contribution in [0.3, 0.4) is 0 Å². The van der Waals surface area contributed by atoms with Gasteiger partial charge in [-0.3, -0.25) is 4.99 Å². The molecular formula is C19H24N4O2. The standard InChI is InChI=1S/C19H24N4O2/c1-20-19(23-11-9-15-6-3-4-8-17(15)23)22-14-16-7-5-10-21-18(16)25-13-12-24-2/h3-8,10H,9,11-14H2,1-2H3,(H,20,22). The summed E-state index contributed by atoms with van der Waals surface area (Å²) in [5, 5.41) is 3.42. The Labute approximate surface area is 148 Å². The largest absolute Gasteiger partial charge is 0.475 e. The molecule has 2 aromatic rings. The Morgan fingerprint density at radius 2 is 2.12 bits per heavy atom. The van der Waals surface area contributed by atoms with Crippen LogP contribution in [0.5, 0.6) is 5.88 Å². The highest BCUT2D eigenvalue weighted by molar-refractivity contribution is 5.97. The summed E-state index contributed by atoms with van der Waals surface area (Å²) in [5.74, 6) is 1.49. The van der Waals surface area contributed by atoms with Crippen molar-refractivity contribution >= 4 is 11.6 Å². The molecule has 0 unspecified atom stereocenters. The van der Waals surface area contributed by atoms with E-state index in [4.69, 9.17) is 9.47 Å². The number of aliphatic imine (C=N–C) groups is 1. The lowest BCUT2D eigenvalue weighted by Gasteiger charge is -2.22. The highest BCUT2D eigenvalue weighted by Crippen LogP contribution is 2.27. The molecule has 1 aromatic carbocycles. The molecule has 0 saturated heterocycles. The zero-order chi connectivity index (χ0) is 17.5. The van der Waals surface area contributed by atoms with Crippen LogP contribution in [0.1, 0.15) is 11.1 Å². The van der Waals surface area contributed by atoms with Crippen molar-refractivity contribution in [2.45, 2.75) is 13.0 Å². The van der Waals surface area contributed by atoms with Gasteiger partial charge in [-0.2, -0.15) is 0 Å². The Morgan fingerprint density at radius 3 is 2.96 bits per heavy atom. The summed E-state index contributed by atoms with van der Waals surface area (Å²) in [6.07, 6.45) is 2.77. The van der Waals surface area contributed by atoms with Crippen LogP contribution in [0, 0.1) is 0 Å². The first kappa shape index (κ1) is 17.2. The maximum Gasteiger partial charge on any atom is 0.218 e. The van der Waals surface area contributed by atoms with Crippen LogP contribution in [0.25, 0.3) is 0 Å². The molecule has 0 radical (unpaired) electrons. The second-order valence-electron chi connectivity index (χ2n) is 5.74. The van der Waals surface area contributed by atoms with Gasteiger partial charge in [0.2, 0.25) is 5.88 Å². The fourth-order valence-electron chi connectivity index (χ4n) is 2.94. The summed E-state index contributed by atoms with van der Waals surface area (Å²) in [6.45, 7) is 2.55. The van der Waals surface area contributed by atoms with Gasteiger partial charge in [0.25, 0.3) is 0 Å². The van der Waals surface area contributed by atoms with Crippen molar-refractivity contribution in [1.82, 2.24) is 10.3 Å². The van der Waals surface area contributed by atoms with E-state index in [1.165, 1.54) is 11.3 Å². The summed E-state index contributed by atoms with van der Waals surface area (Å²) in [5.41, 5.74) is 3.57. The molecular weight excluding hydrogens is 316 g/mol. The third kappa shape index (κ3) is 4.09. The second kappa shape index (κ2) is 8.48. The third-order valence-electron chi connectivity index (χ3n) is 4.17. The van der Waals surface area contributed by atoms with Crippen LogP contribution < -0.4 is 15.0 Å². The summed E-state index contributed by atoms with van der Waals surface area (Å²) in [4.78, 5) is 11.0. The number of benzene rings is 1. The molecule has 1 aliphatic rings. The van der Waals surface area contributed by atoms with Crippen molar-refractivity contribution in [1.29, 1.82) is 0 Å². The lowest BCUT2D eigenvalue weighted by atomic mass is 10.2. The molecule has 0 bridgehead atoms. The number of nitrogens with one attached hydrogen (secondary N) is 1. The number of pyridine rings is 1. The maximum absolute atomic E-state index is 5.70. The summed E-state index contributed by atoms with van der Waals surface area (Å²) >= 11 is 0. The maximum atomic E-state index is 5.70. The molecule has 25 heavy (non-hydrogen) atoms. The van der Waals surface area contributed by atoms with Crippen LogP contribution in [0.2, 0.25) is 0 Å². The number of ether oxygens (including phenoxy) is 2. The average Bonchev–Trinajstić information content (AvgIpc) is 3.08. The zero-order valence-corrected chi connectivity index (χ0v) is 14.7. The van der Waals surface area contributed by atoms with Crippen LogP contribution in [-0.4, -0.2) is 44.9 Å². The zero-order valence-electron chi connectivity index (χ0n) is 14.7. The quantitative estimate of drug-likeness (QED) is 0.496. The predicted octanol–water partition coefficient (Wildman–Crippen LogP) is 2.24. The van der Waals surface area contributed by atoms with E-state index >= 15 is 0 Å². The minimum absolute atomic E-state index is 0.481. The molecule has 0 fully saturated rings. The Balaban J connectivity index is 1.67. The molecule has 132 valence electrons. The van der Waals surface area contributed by atoms with Gasteiger partial charge in [-0.1, -0.05) is 24.3 Å². The molecule has 1 N–H and O–H groups in total. The molecule has 2 heterocycles. The van der Waals surface area contributed by atoms with Crippen molar-refractivity contribution in [3.8, 4) is 5.88 Å². The van der Waals surface area contributed by atoms with E-state index in [2.05, 4.69) is 44.5 Å². The normalized spacial score (nSPS) is 13.7. The van der Waals surface area contributed by atoms with Gasteiger partial charge in [-0.05, 0) is 24.1 Å². The Hall–Kier alpha value is -2.60. The Kier molecular flexibility index (Phi) is 5.85. The fraction of sp³-hybridized carbons (Fsp3) is 0.368. The number of anilines is 1. The van der Waals surface area contributed by atoms with Crippen LogP contribution >= 0.6 is 0 Å². The third-order valence-corrected chi connectivity index (χ3v) is 4.17. The highest BCUT2D eigenvalue weighted by Gasteiger charge is 2.22. The van der Waals surface area contributed by atoms with E-state index in [1.807, 2.05) is 19.2 Å². The van der Waals surface area contributed by atoms with Gasteiger partial charge in [-0.25, -0.2) is 4.98 Å². The summed E-state index contributed by atoms with van der Waals surface area (Å²) < 4.78 is 10.7. The van der Waals surface area contributed by atoms with E-state index in [9.17, 15) is 0 Å². The number of aromatic nitrogens is 1. The first-order valence-electron chi connectivity index (χ1n) is 8.45. The van der Waals surface area contributed by atoms with Gasteiger partial charge in [0.1, 0.15) is 6.61 Å². The van der Waals surface area contributed by atoms with Gasteiger partial charge in [0.15, 0.2) is 5.96 Å². The number of rotatable bonds is 6. The molecule has 6 nitrogen and oxygen atoms in total. The predicted molar refractivity (Wildman–Crippen MR) is 99.3 cm³/mol. The molecule has 1 aliphatic heterocycles. The first-order valence-corrected chi connectivity index (χ1v) is 8.45. The molecule has 6 heteroatoms. The van der Waals surface area contributed by atoms with Gasteiger partial charge < -0.3 is 19.7 Å². The lowest BCUT2D eigenvalue weighted by molar-refractivity contribution is 0.143. The molecule has 0 amide bonds. The molecule has 0 atom stereocenters. The molecule has 0 spiro atoms. The van der Waals surface area contributed by atoms with Gasteiger partial charge in [0, 0.05) is 44.7 Å². The van der Waals surface area contributed by atoms with Crippen LogP contribution in [0.15, 0.2) is 47.6 Å². The number of hydrogen-bond acceptors (Lipinski definition) is 4. The van der Waals surface area contributed by atoms with Crippen LogP contribution in [0.4, 0.5) is 5.69 Å². The molecule has 0 saturated carbocycles. The summed E-state index contributed by atoms with van der Waals surface area (Å²) in [6, 6.07) is 12.4. The second-order valence-corrected chi connectivity index (χ2v) is 5.74. The van der Waals surface area contributed by atoms with Gasteiger partial charge in [-0.15, -0.1) is 0 Å². The van der Waals surface area contributed by atoms with Crippen molar-refractivity contribution in [2.75, 3.05) is 38.8 Å². The van der Waals surface area contributed by atoms with E-state index in [0.29, 0.717) is 25.6 Å². The first-order chi connectivity index (χ1) is 12.3. The smallest absolute Gasteiger partial charge is 0.218 e. The number of hydrogen-bond donors (Lipinski definition) is 1. The Morgan fingerprint density at radius 1 is 1.24 bits per heavy atom. The van der Waals surface area contributed by atoms with Crippen molar-refractivity contribution in [3.05, 3.63) is 53.7 Å². The van der Waals surface area contributed by atoms with Crippen molar-refractivity contribution < 1.29 is 9.47 Å². The van der Waals surface area contributed by atoms with E-state index < -0.39 is 0 Å². The highest BCUT2D eigenvalue weighted by atomic mass is 16.5. The van der Waals surface area contributed by atoms with E-state index in [-0.39, 0.29) is 0 Å². The number of para-hydroxylation sites is 1. The monoisotopic (exact) mass is 340 g/mol. The molecule has 3 rings (SSSR count). The molecule has 0 aliphatic carbocycles. The minimum atomic E-state index is 0.481. The van der Waals surface area contributed by atoms with Crippen LogP contribution in [-0.2, 0) is 17.7 Å². The number of nitrogens with zero attached hydrogens (tertiary/aromatic N) is 3. The Bertz CT molecular complexity index is 733. The van der Waals surface area contributed by atoms with Crippen molar-refractivity contribution in [2.24, 2.45) is 4.99 Å². The van der Waals surface area contributed by atoms with Gasteiger partial charge in [0.05, 0.1) is 6.61 Å². The average molecular weight is 340 g/mol. The van der Waals surface area contributed by atoms with Gasteiger partial charge >= 0.3 is 0 Å². The lowest BCUT2D eigenvalue weighted by Crippen LogP contribution is -2.40. The SMILES string of the molecule is CN=C(NCc1cccnc1OCCOC)N1CCc2ccccc21. The number of fused-ring (bicyclic) bond motifs is 1. The summed E-state index contributed by atoms with van der Waals surface area (Å²) in [7, 11) is 3.46. The molecule has 1 aromatic heterocycles. The number of methoxy groups -OCH3 is 1. The fourth-order valence-corrected chi connectivity index (χ4v) is 2.94.